The molecule has 6 atom stereocenters. The Hall–Kier alpha value is -5.52. The van der Waals surface area contributed by atoms with Crippen molar-refractivity contribution in [3.63, 3.8) is 0 Å². The molecule has 1 saturated carbocycles. The Morgan fingerprint density at radius 1 is 0.800 bits per heavy atom. The van der Waals surface area contributed by atoms with Crippen molar-refractivity contribution >= 4 is 47.6 Å². The number of imide groups is 2. The second-order valence-corrected chi connectivity index (χ2v) is 13.7. The number of aromatic hydroxyl groups is 1. The van der Waals surface area contributed by atoms with Crippen LogP contribution in [0.4, 0.5) is 11.4 Å². The number of nitrogens with one attached hydrogen (secondary N) is 1. The van der Waals surface area contributed by atoms with Gasteiger partial charge in [-0.2, -0.15) is 5.01 Å². The van der Waals surface area contributed by atoms with E-state index in [2.05, 4.69) is 5.43 Å². The molecule has 4 aliphatic rings. The Bertz CT molecular complexity index is 2080. The summed E-state index contributed by atoms with van der Waals surface area (Å²) in [6.07, 6.45) is 2.33. The summed E-state index contributed by atoms with van der Waals surface area (Å²) in [7, 11) is -1.78. The van der Waals surface area contributed by atoms with Gasteiger partial charge in [-0.1, -0.05) is 83.9 Å². The van der Waals surface area contributed by atoms with E-state index < -0.39 is 65.8 Å². The van der Waals surface area contributed by atoms with Gasteiger partial charge in [0.25, 0.3) is 11.8 Å². The number of phenolic OH excluding ortho intramolecular Hbond substituents is 1. The third kappa shape index (κ3) is 4.64. The molecule has 4 aromatic rings. The number of amides is 4. The maximum absolute atomic E-state index is 15.1. The van der Waals surface area contributed by atoms with Crippen molar-refractivity contribution in [2.45, 2.75) is 31.1 Å². The van der Waals surface area contributed by atoms with Gasteiger partial charge in [0, 0.05) is 5.92 Å². The summed E-state index contributed by atoms with van der Waals surface area (Å²) < 4.78 is 0. The van der Waals surface area contributed by atoms with E-state index in [9.17, 15) is 29.5 Å². The van der Waals surface area contributed by atoms with Crippen LogP contribution in [0.25, 0.3) is 0 Å². The van der Waals surface area contributed by atoms with Crippen molar-refractivity contribution < 1.29 is 34.3 Å². The van der Waals surface area contributed by atoms with Gasteiger partial charge in [0.2, 0.25) is 11.8 Å². The molecular weight excluding hydrogens is 633 g/mol. The van der Waals surface area contributed by atoms with E-state index in [0.717, 1.165) is 21.0 Å². The minimum atomic E-state index is -1.78. The van der Waals surface area contributed by atoms with Crippen molar-refractivity contribution in [1.82, 2.24) is 5.01 Å². The largest absolute Gasteiger partial charge is 0.508 e. The standard InChI is InChI=1S/C39H34BN3O7/c1-22-13-15-26(16-14-22)41-43-36(46)32-21-31-29(17-18-30-33(31)37(47)42(35(30)45)27-11-6-10-25(20-27)40(49)50)34(23-7-5-12-28(44)19-23)39(32,38(43)48)24-8-3-2-4-9-24/h2-17,19-20,30-34,41,44,49-50H,18,21H2,1H3. The van der Waals surface area contributed by atoms with Crippen molar-refractivity contribution in [3.05, 3.63) is 131 Å². The molecule has 0 spiro atoms. The van der Waals surface area contributed by atoms with Crippen LogP contribution in [0.15, 0.2) is 115 Å². The average molecular weight is 668 g/mol. The molecule has 2 aliphatic heterocycles. The number of benzene rings is 4. The number of aryl methyl sites for hydroxylation is 1. The van der Waals surface area contributed by atoms with Crippen molar-refractivity contribution in [3.8, 4) is 5.75 Å². The first-order valence-electron chi connectivity index (χ1n) is 16.7. The number of hydrazine groups is 1. The normalized spacial score (nSPS) is 27.1. The summed E-state index contributed by atoms with van der Waals surface area (Å²) >= 11 is 0. The summed E-state index contributed by atoms with van der Waals surface area (Å²) in [6.45, 7) is 1.94. The third-order valence-electron chi connectivity index (χ3n) is 11.0. The Morgan fingerprint density at radius 3 is 2.26 bits per heavy atom. The number of hydrogen-bond donors (Lipinski definition) is 4. The summed E-state index contributed by atoms with van der Waals surface area (Å²) in [4.78, 5) is 59.4. The minimum absolute atomic E-state index is 0.00525. The summed E-state index contributed by atoms with van der Waals surface area (Å²) in [5.41, 5.74) is 5.64. The fraction of sp³-hybridized carbons (Fsp3) is 0.231. The van der Waals surface area contributed by atoms with Crippen LogP contribution in [0, 0.1) is 30.6 Å². The monoisotopic (exact) mass is 667 g/mol. The van der Waals surface area contributed by atoms with E-state index in [-0.39, 0.29) is 29.7 Å². The fourth-order valence-corrected chi connectivity index (χ4v) is 8.91. The minimum Gasteiger partial charge on any atom is -0.508 e. The van der Waals surface area contributed by atoms with Crippen LogP contribution in [0.5, 0.6) is 5.75 Å². The van der Waals surface area contributed by atoms with Crippen LogP contribution in [-0.2, 0) is 24.6 Å². The topological polar surface area (TPSA) is 147 Å². The number of nitrogens with zero attached hydrogens (tertiary/aromatic N) is 2. The van der Waals surface area contributed by atoms with E-state index in [1.54, 1.807) is 42.5 Å². The zero-order chi connectivity index (χ0) is 34.9. The molecule has 0 bridgehead atoms. The molecular formula is C39H34BN3O7. The Labute approximate surface area is 288 Å². The summed E-state index contributed by atoms with van der Waals surface area (Å²) in [5, 5.41) is 31.4. The summed E-state index contributed by atoms with van der Waals surface area (Å²) in [6, 6.07) is 29.3. The van der Waals surface area contributed by atoms with Crippen LogP contribution in [-0.4, -0.2) is 50.9 Å². The summed E-state index contributed by atoms with van der Waals surface area (Å²) in [5.74, 6) is -5.50. The van der Waals surface area contributed by atoms with Crippen molar-refractivity contribution in [1.29, 1.82) is 0 Å². The van der Waals surface area contributed by atoms with Crippen LogP contribution >= 0.6 is 0 Å². The van der Waals surface area contributed by atoms with E-state index in [4.69, 9.17) is 0 Å². The smallest absolute Gasteiger partial charge is 0.488 e. The molecule has 4 amide bonds. The lowest BCUT2D eigenvalue weighted by Gasteiger charge is -2.50. The highest BCUT2D eigenvalue weighted by molar-refractivity contribution is 6.58. The second-order valence-electron chi connectivity index (χ2n) is 13.7. The van der Waals surface area contributed by atoms with Gasteiger partial charge in [-0.25, -0.2) is 0 Å². The van der Waals surface area contributed by atoms with E-state index in [1.807, 2.05) is 61.5 Å². The first kappa shape index (κ1) is 31.7. The molecule has 0 radical (unpaired) electrons. The van der Waals surface area contributed by atoms with E-state index in [1.165, 1.54) is 12.1 Å². The molecule has 6 unspecified atom stereocenters. The van der Waals surface area contributed by atoms with Gasteiger partial charge in [0.15, 0.2) is 0 Å². The van der Waals surface area contributed by atoms with Gasteiger partial charge in [-0.05, 0) is 78.7 Å². The van der Waals surface area contributed by atoms with Crippen LogP contribution in [0.3, 0.4) is 0 Å². The van der Waals surface area contributed by atoms with Gasteiger partial charge in [-0.3, -0.25) is 29.5 Å². The van der Waals surface area contributed by atoms with Crippen LogP contribution < -0.4 is 15.8 Å². The highest BCUT2D eigenvalue weighted by atomic mass is 16.4. The number of hydrogen-bond acceptors (Lipinski definition) is 8. The molecule has 4 N–H and O–H groups in total. The second kappa shape index (κ2) is 11.8. The molecule has 2 aliphatic carbocycles. The highest BCUT2D eigenvalue weighted by Gasteiger charge is 2.70. The Kier molecular flexibility index (Phi) is 7.50. The van der Waals surface area contributed by atoms with Gasteiger partial charge < -0.3 is 15.2 Å². The molecule has 4 aromatic carbocycles. The first-order chi connectivity index (χ1) is 24.1. The quantitative estimate of drug-likeness (QED) is 0.139. The number of rotatable bonds is 6. The van der Waals surface area contributed by atoms with Crippen LogP contribution in [0.1, 0.15) is 35.4 Å². The lowest BCUT2D eigenvalue weighted by atomic mass is 9.49. The molecule has 0 aromatic heterocycles. The zero-order valence-corrected chi connectivity index (χ0v) is 27.1. The van der Waals surface area contributed by atoms with Gasteiger partial charge in [0.1, 0.15) is 5.75 Å². The molecule has 3 fully saturated rings. The van der Waals surface area contributed by atoms with Gasteiger partial charge >= 0.3 is 7.12 Å². The molecule has 50 heavy (non-hydrogen) atoms. The number of anilines is 2. The maximum Gasteiger partial charge on any atom is 0.488 e. The predicted octanol–water partition coefficient (Wildman–Crippen LogP) is 3.57. The number of carbonyl (C=O) groups excluding carboxylic acids is 4. The number of allylic oxidation sites excluding steroid dienone is 2. The van der Waals surface area contributed by atoms with Crippen molar-refractivity contribution in [2.75, 3.05) is 10.3 Å². The number of phenols is 1. The molecule has 10 nitrogen and oxygen atoms in total. The molecule has 250 valence electrons. The molecule has 8 rings (SSSR count). The lowest BCUT2D eigenvalue weighted by Crippen LogP contribution is -2.53. The predicted molar refractivity (Wildman–Crippen MR) is 186 cm³/mol. The average Bonchev–Trinajstić information content (AvgIpc) is 3.50. The maximum atomic E-state index is 15.1. The van der Waals surface area contributed by atoms with Crippen molar-refractivity contribution in [2.24, 2.45) is 23.7 Å². The SMILES string of the molecule is Cc1ccc(NN2C(=O)C3CC4C(=CCC5C(=O)N(c6cccc(B(O)O)c6)C(=O)C54)C(c4cccc(O)c4)C3(c3ccccc3)C2=O)cc1. The highest BCUT2D eigenvalue weighted by Crippen LogP contribution is 2.64. The third-order valence-corrected chi connectivity index (χ3v) is 11.0. The Morgan fingerprint density at radius 2 is 1.54 bits per heavy atom. The number of fused-ring (bicyclic) bond motifs is 4. The van der Waals surface area contributed by atoms with E-state index in [0.29, 0.717) is 16.8 Å². The molecule has 11 heteroatoms. The zero-order valence-electron chi connectivity index (χ0n) is 27.1. The van der Waals surface area contributed by atoms with Gasteiger partial charge in [-0.15, -0.1) is 0 Å². The number of carbonyl (C=O) groups is 4. The molecule has 2 heterocycles. The molecule has 2 saturated heterocycles. The Balaban J connectivity index is 1.29. The van der Waals surface area contributed by atoms with Crippen LogP contribution in [0.2, 0.25) is 0 Å². The van der Waals surface area contributed by atoms with Gasteiger partial charge in [0.05, 0.1) is 34.5 Å². The first-order valence-corrected chi connectivity index (χ1v) is 16.7. The fourth-order valence-electron chi connectivity index (χ4n) is 8.91. The van der Waals surface area contributed by atoms with E-state index >= 15 is 4.79 Å². The lowest BCUT2D eigenvalue weighted by molar-refractivity contribution is -0.138.